The fourth-order valence-electron chi connectivity index (χ4n) is 5.00. The highest BCUT2D eigenvalue weighted by atomic mass is 79.9. The monoisotopic (exact) mass is 445 g/mol. The summed E-state index contributed by atoms with van der Waals surface area (Å²) in [7, 11) is 0. The molecule has 0 saturated heterocycles. The average molecular weight is 446 g/mol. The summed E-state index contributed by atoms with van der Waals surface area (Å²) >= 11 is 3.60. The number of halogens is 1. The largest absolute Gasteiger partial charge is 0.353 e. The second-order valence-electron chi connectivity index (χ2n) is 8.83. The predicted molar refractivity (Wildman–Crippen MR) is 118 cm³/mol. The Labute approximate surface area is 176 Å². The number of fused-ring (bicyclic) bond motifs is 1. The lowest BCUT2D eigenvalue weighted by Gasteiger charge is -2.26. The SMILES string of the molecule is NC1CCC(NC(=O)Cc2cn(CC3CCCCC3)c3ccc(Br)cc23)CC1. The number of nitrogens with two attached hydrogens (primary N) is 1. The minimum Gasteiger partial charge on any atom is -0.353 e. The summed E-state index contributed by atoms with van der Waals surface area (Å²) in [5.41, 5.74) is 8.37. The summed E-state index contributed by atoms with van der Waals surface area (Å²) < 4.78 is 3.46. The number of amides is 1. The van der Waals surface area contributed by atoms with Crippen LogP contribution >= 0.6 is 15.9 Å². The number of carbonyl (C=O) groups is 1. The molecule has 0 bridgehead atoms. The quantitative estimate of drug-likeness (QED) is 0.686. The molecule has 0 radical (unpaired) electrons. The summed E-state index contributed by atoms with van der Waals surface area (Å²) in [4.78, 5) is 12.7. The van der Waals surface area contributed by atoms with Crippen LogP contribution in [0.15, 0.2) is 28.9 Å². The normalized spacial score (nSPS) is 23.8. The summed E-state index contributed by atoms with van der Waals surface area (Å²) in [5.74, 6) is 0.901. The van der Waals surface area contributed by atoms with Gasteiger partial charge in [0, 0.05) is 40.2 Å². The third kappa shape index (κ3) is 4.80. The lowest BCUT2D eigenvalue weighted by atomic mass is 9.89. The highest BCUT2D eigenvalue weighted by molar-refractivity contribution is 9.10. The first-order valence-corrected chi connectivity index (χ1v) is 11.7. The fourth-order valence-corrected chi connectivity index (χ4v) is 5.36. The van der Waals surface area contributed by atoms with Crippen LogP contribution in [0, 0.1) is 5.92 Å². The Morgan fingerprint density at radius 3 is 2.61 bits per heavy atom. The van der Waals surface area contributed by atoms with Gasteiger partial charge in [-0.2, -0.15) is 0 Å². The van der Waals surface area contributed by atoms with Crippen molar-refractivity contribution >= 4 is 32.7 Å². The lowest BCUT2D eigenvalue weighted by Crippen LogP contribution is -2.41. The molecule has 1 amide bonds. The zero-order chi connectivity index (χ0) is 19.5. The molecule has 0 unspecified atom stereocenters. The molecule has 152 valence electrons. The molecule has 28 heavy (non-hydrogen) atoms. The molecule has 2 aliphatic carbocycles. The summed E-state index contributed by atoms with van der Waals surface area (Å²) in [6.07, 6.45) is 13.5. The average Bonchev–Trinajstić information content (AvgIpc) is 3.01. The smallest absolute Gasteiger partial charge is 0.224 e. The zero-order valence-electron chi connectivity index (χ0n) is 16.6. The maximum absolute atomic E-state index is 12.7. The van der Waals surface area contributed by atoms with E-state index in [0.717, 1.165) is 48.2 Å². The third-order valence-corrected chi connectivity index (χ3v) is 7.09. The van der Waals surface area contributed by atoms with Crippen molar-refractivity contribution in [1.82, 2.24) is 9.88 Å². The first-order valence-electron chi connectivity index (χ1n) is 10.9. The van der Waals surface area contributed by atoms with E-state index in [-0.39, 0.29) is 11.9 Å². The number of aromatic nitrogens is 1. The van der Waals surface area contributed by atoms with E-state index in [1.54, 1.807) is 0 Å². The number of carbonyl (C=O) groups excluding carboxylic acids is 1. The molecular weight excluding hydrogens is 414 g/mol. The number of hydrogen-bond donors (Lipinski definition) is 2. The van der Waals surface area contributed by atoms with Gasteiger partial charge in [0.1, 0.15) is 0 Å². The van der Waals surface area contributed by atoms with Crippen molar-refractivity contribution in [3.8, 4) is 0 Å². The van der Waals surface area contributed by atoms with Gasteiger partial charge in [0.15, 0.2) is 0 Å². The van der Waals surface area contributed by atoms with Crippen molar-refractivity contribution in [3.63, 3.8) is 0 Å². The first-order chi connectivity index (χ1) is 13.6. The molecular formula is C23H32BrN3O. The molecule has 1 aromatic carbocycles. The van der Waals surface area contributed by atoms with Gasteiger partial charge in [0.05, 0.1) is 6.42 Å². The van der Waals surface area contributed by atoms with Crippen LogP contribution in [-0.4, -0.2) is 22.6 Å². The molecule has 2 aromatic rings. The molecule has 3 N–H and O–H groups in total. The molecule has 4 rings (SSSR count). The minimum atomic E-state index is 0.136. The van der Waals surface area contributed by atoms with Crippen molar-refractivity contribution in [3.05, 3.63) is 34.4 Å². The van der Waals surface area contributed by atoms with Crippen LogP contribution in [-0.2, 0) is 17.8 Å². The van der Waals surface area contributed by atoms with Gasteiger partial charge in [-0.3, -0.25) is 4.79 Å². The van der Waals surface area contributed by atoms with Crippen molar-refractivity contribution in [2.45, 2.75) is 82.8 Å². The van der Waals surface area contributed by atoms with Gasteiger partial charge < -0.3 is 15.6 Å². The highest BCUT2D eigenvalue weighted by Gasteiger charge is 2.21. The van der Waals surface area contributed by atoms with Gasteiger partial charge in [-0.15, -0.1) is 0 Å². The highest BCUT2D eigenvalue weighted by Crippen LogP contribution is 2.30. The van der Waals surface area contributed by atoms with Gasteiger partial charge >= 0.3 is 0 Å². The van der Waals surface area contributed by atoms with Crippen LogP contribution in [0.25, 0.3) is 10.9 Å². The molecule has 2 fully saturated rings. The zero-order valence-corrected chi connectivity index (χ0v) is 18.2. The van der Waals surface area contributed by atoms with Gasteiger partial charge in [0.25, 0.3) is 0 Å². The summed E-state index contributed by atoms with van der Waals surface area (Å²) in [6.45, 7) is 1.07. The van der Waals surface area contributed by atoms with Crippen LogP contribution in [0.3, 0.4) is 0 Å². The molecule has 2 aliphatic rings. The second kappa shape index (κ2) is 9.00. The summed E-state index contributed by atoms with van der Waals surface area (Å²) in [5, 5.41) is 4.44. The molecule has 0 atom stereocenters. The number of nitrogens with one attached hydrogen (secondary N) is 1. The number of benzene rings is 1. The van der Waals surface area contributed by atoms with Gasteiger partial charge in [-0.1, -0.05) is 35.2 Å². The lowest BCUT2D eigenvalue weighted by molar-refractivity contribution is -0.121. The Morgan fingerprint density at radius 1 is 1.11 bits per heavy atom. The van der Waals surface area contributed by atoms with Crippen LogP contribution in [0.1, 0.15) is 63.4 Å². The Kier molecular flexibility index (Phi) is 6.42. The van der Waals surface area contributed by atoms with Crippen molar-refractivity contribution in [2.75, 3.05) is 0 Å². The van der Waals surface area contributed by atoms with E-state index in [4.69, 9.17) is 5.73 Å². The van der Waals surface area contributed by atoms with Gasteiger partial charge in [0.2, 0.25) is 5.91 Å². The first kappa shape index (κ1) is 20.0. The molecule has 2 saturated carbocycles. The molecule has 5 heteroatoms. The number of nitrogens with zero attached hydrogens (tertiary/aromatic N) is 1. The van der Waals surface area contributed by atoms with Crippen LogP contribution in [0.2, 0.25) is 0 Å². The predicted octanol–water partition coefficient (Wildman–Crippen LogP) is 4.91. The molecule has 1 heterocycles. The van der Waals surface area contributed by atoms with Crippen LogP contribution < -0.4 is 11.1 Å². The fraction of sp³-hybridized carbons (Fsp3) is 0.609. The van der Waals surface area contributed by atoms with E-state index in [0.29, 0.717) is 12.5 Å². The standard InChI is InChI=1S/C23H32BrN3O/c24-18-6-11-22-21(13-18)17(15-27(22)14-16-4-2-1-3-5-16)12-23(28)26-20-9-7-19(25)8-10-20/h6,11,13,15-16,19-20H,1-5,7-10,12,14,25H2,(H,26,28). The van der Waals surface area contributed by atoms with E-state index in [2.05, 4.69) is 50.2 Å². The maximum Gasteiger partial charge on any atom is 0.224 e. The maximum atomic E-state index is 12.7. The number of hydrogen-bond acceptors (Lipinski definition) is 2. The molecule has 0 aliphatic heterocycles. The van der Waals surface area contributed by atoms with Crippen LogP contribution in [0.4, 0.5) is 0 Å². The third-order valence-electron chi connectivity index (χ3n) is 6.59. The van der Waals surface area contributed by atoms with E-state index in [1.165, 1.54) is 43.0 Å². The summed E-state index contributed by atoms with van der Waals surface area (Å²) in [6, 6.07) is 7.05. The minimum absolute atomic E-state index is 0.136. The van der Waals surface area contributed by atoms with Crippen molar-refractivity contribution < 1.29 is 4.79 Å². The molecule has 4 nitrogen and oxygen atoms in total. The number of rotatable bonds is 5. The van der Waals surface area contributed by atoms with Gasteiger partial charge in [-0.25, -0.2) is 0 Å². The Balaban J connectivity index is 1.49. The van der Waals surface area contributed by atoms with Crippen molar-refractivity contribution in [1.29, 1.82) is 0 Å². The molecule has 0 spiro atoms. The Hall–Kier alpha value is -1.33. The van der Waals surface area contributed by atoms with E-state index >= 15 is 0 Å². The van der Waals surface area contributed by atoms with Crippen LogP contribution in [0.5, 0.6) is 0 Å². The van der Waals surface area contributed by atoms with E-state index < -0.39 is 0 Å². The Bertz CT molecular complexity index is 817. The van der Waals surface area contributed by atoms with E-state index in [9.17, 15) is 4.79 Å². The van der Waals surface area contributed by atoms with Crippen molar-refractivity contribution in [2.24, 2.45) is 11.7 Å². The van der Waals surface area contributed by atoms with Gasteiger partial charge in [-0.05, 0) is 68.2 Å². The van der Waals surface area contributed by atoms with E-state index in [1.807, 2.05) is 0 Å². The second-order valence-corrected chi connectivity index (χ2v) is 9.74. The Morgan fingerprint density at radius 2 is 1.86 bits per heavy atom. The molecule has 1 aromatic heterocycles. The topological polar surface area (TPSA) is 60.0 Å².